The minimum Gasteiger partial charge on any atom is -0.468 e. The van der Waals surface area contributed by atoms with Gasteiger partial charge in [-0.05, 0) is 47.0 Å². The van der Waals surface area contributed by atoms with E-state index < -0.39 is 54.0 Å². The molecule has 2 N–H and O–H groups in total. The van der Waals surface area contributed by atoms with Crippen molar-refractivity contribution >= 4 is 23.5 Å². The van der Waals surface area contributed by atoms with Crippen molar-refractivity contribution < 1.29 is 38.0 Å². The van der Waals surface area contributed by atoms with E-state index >= 15 is 0 Å². The van der Waals surface area contributed by atoms with Gasteiger partial charge >= 0.3 is 12.1 Å². The van der Waals surface area contributed by atoms with Crippen LogP contribution in [0, 0.1) is 11.3 Å². The van der Waals surface area contributed by atoms with Gasteiger partial charge in [-0.15, -0.1) is 0 Å². The number of aromatic nitrogens is 3. The molecule has 0 radical (unpaired) electrons. The van der Waals surface area contributed by atoms with Crippen molar-refractivity contribution in [3.8, 4) is 6.07 Å². The number of methoxy groups -OCH3 is 1. The van der Waals surface area contributed by atoms with Gasteiger partial charge in [0.05, 0.1) is 12.8 Å². The van der Waals surface area contributed by atoms with Crippen LogP contribution < -0.4 is 5.73 Å². The molecule has 2 aliphatic rings. The third kappa shape index (κ3) is 4.66. The van der Waals surface area contributed by atoms with E-state index in [0.717, 1.165) is 0 Å². The van der Waals surface area contributed by atoms with E-state index in [1.165, 1.54) is 18.0 Å². The summed E-state index contributed by atoms with van der Waals surface area (Å²) in [6.45, 7) is 4.67. The smallest absolute Gasteiger partial charge is 0.468 e. The molecule has 2 fully saturated rings. The van der Waals surface area contributed by atoms with E-state index in [2.05, 4.69) is 16.2 Å². The maximum Gasteiger partial charge on any atom is 0.508 e. The summed E-state index contributed by atoms with van der Waals surface area (Å²) in [5, 5.41) is 14.6. The molecule has 0 aromatic carbocycles. The zero-order valence-corrected chi connectivity index (χ0v) is 21.4. The highest BCUT2D eigenvalue weighted by molar-refractivity contribution is 5.76. The van der Waals surface area contributed by atoms with Crippen LogP contribution in [0.4, 0.5) is 10.6 Å². The molecule has 200 valence electrons. The number of anilines is 1. The zero-order valence-electron chi connectivity index (χ0n) is 21.4. The second-order valence-electron chi connectivity index (χ2n) is 9.50. The molecule has 6 atom stereocenters. The van der Waals surface area contributed by atoms with Gasteiger partial charge < -0.3 is 34.2 Å². The predicted octanol–water partition coefficient (Wildman–Crippen LogP) is 0.594. The molecular formula is C23H30N6O8. The molecule has 2 aromatic heterocycles. The molecule has 4 heterocycles. The lowest BCUT2D eigenvalue weighted by molar-refractivity contribution is -0.205. The highest BCUT2D eigenvalue weighted by atomic mass is 16.8. The lowest BCUT2D eigenvalue weighted by atomic mass is 9.92. The van der Waals surface area contributed by atoms with Gasteiger partial charge in [-0.1, -0.05) is 0 Å². The average Bonchev–Trinajstić information content (AvgIpc) is 3.48. The van der Waals surface area contributed by atoms with Crippen LogP contribution in [0.1, 0.15) is 26.5 Å². The fraction of sp³-hybridized carbons (Fsp3) is 0.609. The number of carbonyl (C=O) groups excluding carboxylic acids is 2. The Hall–Kier alpha value is -3.51. The van der Waals surface area contributed by atoms with Crippen molar-refractivity contribution in [2.45, 2.75) is 62.6 Å². The Labute approximate surface area is 213 Å². The number of hydrogen-bond donors (Lipinski definition) is 1. The number of likely N-dealkylation sites (N-methyl/N-ethyl adjacent to an activating group) is 1. The van der Waals surface area contributed by atoms with Gasteiger partial charge in [0.2, 0.25) is 5.60 Å². The van der Waals surface area contributed by atoms with Gasteiger partial charge in [0.1, 0.15) is 55.0 Å². The van der Waals surface area contributed by atoms with Gasteiger partial charge in [0.25, 0.3) is 0 Å². The normalized spacial score (nSPS) is 27.9. The monoisotopic (exact) mass is 518 g/mol. The van der Waals surface area contributed by atoms with Gasteiger partial charge in [0, 0.05) is 0 Å². The topological polar surface area (TPSA) is 173 Å². The van der Waals surface area contributed by atoms with Crippen molar-refractivity contribution in [3.05, 3.63) is 24.2 Å². The molecule has 0 saturated carbocycles. The standard InChI is InChI=1S/C23H30N6O8/c1-12(16(28(4)5)20(30)32-6)34-21(31)33-9-14-17-18(37-22(2,3)36-17)23(10-24,35-14)15-8-7-13-19(25)26-11-27-29(13)15/h7-8,11-12,14,16-18H,9H2,1-6H3,(H2,25,26,27)/t12-,14?,16+,17-,18-,23+/m1/s1. The minimum absolute atomic E-state index is 0.229. The van der Waals surface area contributed by atoms with Crippen molar-refractivity contribution in [3.63, 3.8) is 0 Å². The third-order valence-electron chi connectivity index (χ3n) is 6.35. The number of rotatable bonds is 7. The van der Waals surface area contributed by atoms with E-state index in [1.54, 1.807) is 51.9 Å². The number of ether oxygens (including phenoxy) is 6. The lowest BCUT2D eigenvalue weighted by Gasteiger charge is -2.29. The summed E-state index contributed by atoms with van der Waals surface area (Å²) in [6.07, 6.45) is -3.13. The molecular weight excluding hydrogens is 488 g/mol. The molecule has 14 heteroatoms. The minimum atomic E-state index is -1.65. The van der Waals surface area contributed by atoms with Crippen LogP contribution in [0.5, 0.6) is 0 Å². The largest absolute Gasteiger partial charge is 0.508 e. The van der Waals surface area contributed by atoms with E-state index in [1.807, 2.05) is 0 Å². The Morgan fingerprint density at radius 2 is 2.03 bits per heavy atom. The van der Waals surface area contributed by atoms with Crippen LogP contribution in [0.25, 0.3) is 5.52 Å². The summed E-state index contributed by atoms with van der Waals surface area (Å²) in [7, 11) is 4.56. The maximum atomic E-state index is 12.5. The lowest BCUT2D eigenvalue weighted by Crippen LogP contribution is -2.46. The second kappa shape index (κ2) is 9.75. The number of carbonyl (C=O) groups is 2. The summed E-state index contributed by atoms with van der Waals surface area (Å²) in [6, 6.07) is 4.72. The Morgan fingerprint density at radius 1 is 1.30 bits per heavy atom. The molecule has 1 unspecified atom stereocenters. The fourth-order valence-corrected chi connectivity index (χ4v) is 4.81. The Morgan fingerprint density at radius 3 is 2.68 bits per heavy atom. The molecule has 0 amide bonds. The van der Waals surface area contributed by atoms with Gasteiger partial charge in [-0.2, -0.15) is 10.4 Å². The van der Waals surface area contributed by atoms with Gasteiger partial charge in [-0.3, -0.25) is 9.69 Å². The van der Waals surface area contributed by atoms with E-state index in [9.17, 15) is 14.9 Å². The molecule has 4 rings (SSSR count). The molecule has 2 saturated heterocycles. The Bertz CT molecular complexity index is 1230. The highest BCUT2D eigenvalue weighted by Crippen LogP contribution is 2.49. The van der Waals surface area contributed by atoms with Gasteiger partial charge in [-0.25, -0.2) is 14.3 Å². The average molecular weight is 519 g/mol. The predicted molar refractivity (Wildman–Crippen MR) is 125 cm³/mol. The van der Waals surface area contributed by atoms with Crippen molar-refractivity contribution in [1.29, 1.82) is 5.26 Å². The highest BCUT2D eigenvalue weighted by Gasteiger charge is 2.65. The summed E-state index contributed by atoms with van der Waals surface area (Å²) in [5.74, 6) is -1.36. The first-order valence-corrected chi connectivity index (χ1v) is 11.5. The first-order chi connectivity index (χ1) is 17.4. The summed E-state index contributed by atoms with van der Waals surface area (Å²) in [4.78, 5) is 30.1. The molecule has 14 nitrogen and oxygen atoms in total. The van der Waals surface area contributed by atoms with Crippen molar-refractivity contribution in [1.82, 2.24) is 19.5 Å². The Kier molecular flexibility index (Phi) is 6.99. The summed E-state index contributed by atoms with van der Waals surface area (Å²) < 4.78 is 35.2. The quantitative estimate of drug-likeness (QED) is 0.505. The SMILES string of the molecule is COC(=O)[C@H]([C@@H](C)OC(=O)OCC1O[C@@](C#N)(c2ccc3c(N)ncnn23)[C@@H]2OC(C)(C)O[C@H]12)N(C)C. The number of fused-ring (bicyclic) bond motifs is 2. The molecule has 37 heavy (non-hydrogen) atoms. The van der Waals surface area contributed by atoms with Crippen LogP contribution in [-0.2, 0) is 38.8 Å². The van der Waals surface area contributed by atoms with Crippen molar-refractivity contribution in [2.24, 2.45) is 0 Å². The third-order valence-corrected chi connectivity index (χ3v) is 6.35. The number of esters is 1. The zero-order chi connectivity index (χ0) is 27.1. The van der Waals surface area contributed by atoms with Crippen molar-refractivity contribution in [2.75, 3.05) is 33.5 Å². The van der Waals surface area contributed by atoms with E-state index in [4.69, 9.17) is 34.2 Å². The number of nitrogens with two attached hydrogens (primary N) is 1. The summed E-state index contributed by atoms with van der Waals surface area (Å²) >= 11 is 0. The van der Waals surface area contributed by atoms with E-state index in [-0.39, 0.29) is 12.4 Å². The van der Waals surface area contributed by atoms with Crippen LogP contribution in [0.2, 0.25) is 0 Å². The number of hydrogen-bond acceptors (Lipinski definition) is 13. The number of nitriles is 1. The Balaban J connectivity index is 1.55. The second-order valence-corrected chi connectivity index (χ2v) is 9.50. The summed E-state index contributed by atoms with van der Waals surface area (Å²) in [5.41, 5.74) is 5.16. The van der Waals surface area contributed by atoms with Crippen LogP contribution >= 0.6 is 0 Å². The molecule has 2 aromatic rings. The van der Waals surface area contributed by atoms with E-state index in [0.29, 0.717) is 11.2 Å². The number of nitrogens with zero attached hydrogens (tertiary/aromatic N) is 5. The number of nitrogen functional groups attached to an aromatic ring is 1. The molecule has 0 spiro atoms. The first kappa shape index (κ1) is 26.6. The van der Waals surface area contributed by atoms with Crippen LogP contribution in [-0.4, -0.2) is 95.7 Å². The fourth-order valence-electron chi connectivity index (χ4n) is 4.81. The molecule has 0 bridgehead atoms. The maximum absolute atomic E-state index is 12.5. The van der Waals surface area contributed by atoms with Crippen LogP contribution in [0.3, 0.4) is 0 Å². The van der Waals surface area contributed by atoms with Gasteiger partial charge in [0.15, 0.2) is 11.6 Å². The molecule has 0 aliphatic carbocycles. The molecule has 2 aliphatic heterocycles. The van der Waals surface area contributed by atoms with Crippen LogP contribution in [0.15, 0.2) is 18.5 Å². The first-order valence-electron chi connectivity index (χ1n) is 11.5.